The Morgan fingerprint density at radius 2 is 1.56 bits per heavy atom. The number of imide groups is 1. The fraction of sp³-hybridized carbons (Fsp3) is 0. The first kappa shape index (κ1) is 17.0. The molecular formula is C19H11BrN4O3. The summed E-state index contributed by atoms with van der Waals surface area (Å²) in [5.74, 6) is -1.22. The van der Waals surface area contributed by atoms with Gasteiger partial charge in [-0.1, -0.05) is 22.0 Å². The van der Waals surface area contributed by atoms with Gasteiger partial charge >= 0.3 is 0 Å². The van der Waals surface area contributed by atoms with Crippen LogP contribution in [0, 0.1) is 0 Å². The number of carbonyl (C=O) groups is 3. The third kappa shape index (κ3) is 3.11. The van der Waals surface area contributed by atoms with Gasteiger partial charge in [0, 0.05) is 15.7 Å². The third-order valence-electron chi connectivity index (χ3n) is 4.07. The molecule has 0 atom stereocenters. The van der Waals surface area contributed by atoms with Crippen molar-refractivity contribution in [3.63, 3.8) is 0 Å². The first-order valence-corrected chi connectivity index (χ1v) is 8.70. The molecule has 132 valence electrons. The van der Waals surface area contributed by atoms with Gasteiger partial charge in [-0.3, -0.25) is 14.4 Å². The largest absolute Gasteiger partial charge is 0.322 e. The minimum absolute atomic E-state index is 0.214. The van der Waals surface area contributed by atoms with E-state index in [1.165, 1.54) is 12.4 Å². The molecule has 27 heavy (non-hydrogen) atoms. The van der Waals surface area contributed by atoms with Crippen LogP contribution < -0.4 is 10.2 Å². The van der Waals surface area contributed by atoms with Gasteiger partial charge in [0.1, 0.15) is 0 Å². The zero-order valence-corrected chi connectivity index (χ0v) is 15.3. The Morgan fingerprint density at radius 1 is 0.926 bits per heavy atom. The molecule has 2 aromatic carbocycles. The minimum atomic E-state index is -0.462. The summed E-state index contributed by atoms with van der Waals surface area (Å²) in [4.78, 5) is 38.3. The van der Waals surface area contributed by atoms with E-state index in [-0.39, 0.29) is 17.0 Å². The van der Waals surface area contributed by atoms with Gasteiger partial charge in [-0.05, 0) is 42.5 Å². The number of carbonyl (C=O) groups excluding carboxylic acids is 3. The quantitative estimate of drug-likeness (QED) is 0.653. The fourth-order valence-electron chi connectivity index (χ4n) is 2.76. The average Bonchev–Trinajstić information content (AvgIpc) is 2.93. The van der Waals surface area contributed by atoms with Gasteiger partial charge in [0.2, 0.25) is 0 Å². The van der Waals surface area contributed by atoms with Crippen LogP contribution >= 0.6 is 15.9 Å². The molecule has 0 aliphatic carbocycles. The highest BCUT2D eigenvalue weighted by atomic mass is 79.9. The highest BCUT2D eigenvalue weighted by Gasteiger charge is 2.37. The SMILES string of the molecule is O=C(Nc1cccc(Br)c1)c1ccc(N2C(=O)c3cnncc3C2=O)cc1. The van der Waals surface area contributed by atoms with Gasteiger partial charge in [-0.15, -0.1) is 0 Å². The fourth-order valence-corrected chi connectivity index (χ4v) is 3.16. The molecule has 1 aliphatic rings. The maximum atomic E-state index is 12.5. The van der Waals surface area contributed by atoms with Crippen molar-refractivity contribution in [3.05, 3.63) is 82.1 Å². The first-order valence-electron chi connectivity index (χ1n) is 7.91. The highest BCUT2D eigenvalue weighted by Crippen LogP contribution is 2.27. The van der Waals surface area contributed by atoms with Gasteiger partial charge in [0.05, 0.1) is 29.2 Å². The summed E-state index contributed by atoms with van der Waals surface area (Å²) in [6.07, 6.45) is 2.55. The van der Waals surface area contributed by atoms with Crippen molar-refractivity contribution in [1.29, 1.82) is 0 Å². The molecule has 2 heterocycles. The van der Waals surface area contributed by atoms with E-state index in [1.54, 1.807) is 36.4 Å². The van der Waals surface area contributed by atoms with Crippen molar-refractivity contribution in [2.45, 2.75) is 0 Å². The number of nitrogens with one attached hydrogen (secondary N) is 1. The van der Waals surface area contributed by atoms with Crippen molar-refractivity contribution in [2.24, 2.45) is 0 Å². The van der Waals surface area contributed by atoms with Gasteiger partial charge in [-0.25, -0.2) is 4.90 Å². The van der Waals surface area contributed by atoms with Crippen LogP contribution in [0.4, 0.5) is 11.4 Å². The summed E-state index contributed by atoms with van der Waals surface area (Å²) < 4.78 is 0.852. The molecule has 0 saturated carbocycles. The Balaban J connectivity index is 1.55. The van der Waals surface area contributed by atoms with Crippen molar-refractivity contribution in [3.8, 4) is 0 Å². The molecule has 0 bridgehead atoms. The maximum Gasteiger partial charge on any atom is 0.267 e. The topological polar surface area (TPSA) is 92.3 Å². The smallest absolute Gasteiger partial charge is 0.267 e. The number of rotatable bonds is 3. The van der Waals surface area contributed by atoms with E-state index in [4.69, 9.17) is 0 Å². The third-order valence-corrected chi connectivity index (χ3v) is 4.56. The number of halogens is 1. The molecule has 3 amide bonds. The normalized spacial score (nSPS) is 12.9. The lowest BCUT2D eigenvalue weighted by molar-refractivity contribution is 0.0925. The molecule has 0 spiro atoms. The van der Waals surface area contributed by atoms with Crippen molar-refractivity contribution in [2.75, 3.05) is 10.2 Å². The number of hydrogen-bond acceptors (Lipinski definition) is 5. The summed E-state index contributed by atoms with van der Waals surface area (Å²) in [7, 11) is 0. The van der Waals surface area contributed by atoms with Crippen LogP contribution in [0.25, 0.3) is 0 Å². The zero-order chi connectivity index (χ0) is 19.0. The lowest BCUT2D eigenvalue weighted by atomic mass is 10.1. The molecule has 1 aromatic heterocycles. The number of fused-ring (bicyclic) bond motifs is 1. The second-order valence-electron chi connectivity index (χ2n) is 5.77. The van der Waals surface area contributed by atoms with Crippen LogP contribution in [0.15, 0.2) is 65.4 Å². The van der Waals surface area contributed by atoms with Crippen molar-refractivity contribution in [1.82, 2.24) is 10.2 Å². The molecule has 0 fully saturated rings. The number of nitrogens with zero attached hydrogens (tertiary/aromatic N) is 3. The molecule has 1 N–H and O–H groups in total. The highest BCUT2D eigenvalue weighted by molar-refractivity contribution is 9.10. The van der Waals surface area contributed by atoms with Crippen LogP contribution in [0.3, 0.4) is 0 Å². The van der Waals surface area contributed by atoms with E-state index in [9.17, 15) is 14.4 Å². The molecule has 3 aromatic rings. The van der Waals surface area contributed by atoms with Gasteiger partial charge in [-0.2, -0.15) is 10.2 Å². The van der Waals surface area contributed by atoms with E-state index in [0.29, 0.717) is 16.9 Å². The van der Waals surface area contributed by atoms with E-state index >= 15 is 0 Å². The predicted octanol–water partition coefficient (Wildman–Crippen LogP) is 3.29. The number of hydrogen-bond donors (Lipinski definition) is 1. The second kappa shape index (κ2) is 6.73. The molecule has 8 heteroatoms. The molecule has 0 saturated heterocycles. The van der Waals surface area contributed by atoms with E-state index in [2.05, 4.69) is 31.4 Å². The summed E-state index contributed by atoms with van der Waals surface area (Å²) >= 11 is 3.35. The number of benzene rings is 2. The number of anilines is 2. The predicted molar refractivity (Wildman–Crippen MR) is 102 cm³/mol. The monoisotopic (exact) mass is 422 g/mol. The zero-order valence-electron chi connectivity index (χ0n) is 13.7. The van der Waals surface area contributed by atoms with E-state index < -0.39 is 11.8 Å². The van der Waals surface area contributed by atoms with Gasteiger partial charge in [0.15, 0.2) is 0 Å². The van der Waals surface area contributed by atoms with Gasteiger partial charge < -0.3 is 5.32 Å². The maximum absolute atomic E-state index is 12.5. The second-order valence-corrected chi connectivity index (χ2v) is 6.69. The van der Waals surface area contributed by atoms with E-state index in [1.807, 2.05) is 12.1 Å². The number of aromatic nitrogens is 2. The molecule has 7 nitrogen and oxygen atoms in total. The van der Waals surface area contributed by atoms with E-state index in [0.717, 1.165) is 9.37 Å². The summed E-state index contributed by atoms with van der Waals surface area (Å²) in [6.45, 7) is 0. The Hall–Kier alpha value is -3.39. The molecule has 1 aliphatic heterocycles. The molecular weight excluding hydrogens is 412 g/mol. The summed E-state index contributed by atoms with van der Waals surface area (Å²) in [5, 5.41) is 10.1. The summed E-state index contributed by atoms with van der Waals surface area (Å²) in [5.41, 5.74) is 1.86. The van der Waals surface area contributed by atoms with Crippen molar-refractivity contribution < 1.29 is 14.4 Å². The lowest BCUT2D eigenvalue weighted by Crippen LogP contribution is -2.29. The van der Waals surface area contributed by atoms with Gasteiger partial charge in [0.25, 0.3) is 17.7 Å². The van der Waals surface area contributed by atoms with Crippen LogP contribution in [0.5, 0.6) is 0 Å². The number of amides is 3. The standard InChI is InChI=1S/C19H11BrN4O3/c20-12-2-1-3-13(8-12)23-17(25)11-4-6-14(7-5-11)24-18(26)15-9-21-22-10-16(15)19(24)27/h1-10H,(H,23,25). The minimum Gasteiger partial charge on any atom is -0.322 e. The summed E-state index contributed by atoms with van der Waals surface area (Å²) in [6, 6.07) is 13.5. The molecule has 0 radical (unpaired) electrons. The Labute approximate surface area is 162 Å². The Bertz CT molecular complexity index is 1050. The molecule has 4 rings (SSSR count). The van der Waals surface area contributed by atoms with Crippen LogP contribution in [0.2, 0.25) is 0 Å². The average molecular weight is 423 g/mol. The van der Waals surface area contributed by atoms with Crippen LogP contribution in [-0.2, 0) is 0 Å². The Morgan fingerprint density at radius 3 is 2.15 bits per heavy atom. The first-order chi connectivity index (χ1) is 13.0. The van der Waals surface area contributed by atoms with Crippen LogP contribution in [-0.4, -0.2) is 27.9 Å². The Kier molecular flexibility index (Phi) is 4.25. The van der Waals surface area contributed by atoms with Crippen molar-refractivity contribution >= 4 is 45.0 Å². The molecule has 0 unspecified atom stereocenters. The van der Waals surface area contributed by atoms with Crippen LogP contribution in [0.1, 0.15) is 31.1 Å². The lowest BCUT2D eigenvalue weighted by Gasteiger charge is -2.14.